The number of nitro groups is 1. The third kappa shape index (κ3) is 4.82. The molecule has 28 heavy (non-hydrogen) atoms. The van der Waals surface area contributed by atoms with Gasteiger partial charge in [0.1, 0.15) is 10.6 Å². The molecule has 152 valence electrons. The smallest absolute Gasteiger partial charge is 0.295 e. The molecule has 0 radical (unpaired) electrons. The largest absolute Gasteiger partial charge is 0.769 e. The Morgan fingerprint density at radius 2 is 1.32 bits per heavy atom. The molecule has 0 saturated heterocycles. The summed E-state index contributed by atoms with van der Waals surface area (Å²) < 4.78 is 62.2. The molecule has 0 aromatic heterocycles. The topological polar surface area (TPSA) is 225 Å². The Morgan fingerprint density at radius 3 is 1.79 bits per heavy atom. The van der Waals surface area contributed by atoms with Crippen molar-refractivity contribution >= 4 is 43.0 Å². The molecule has 2 aromatic carbocycles. The van der Waals surface area contributed by atoms with Crippen LogP contribution in [0.1, 0.15) is 0 Å². The van der Waals surface area contributed by atoms with Crippen molar-refractivity contribution in [1.29, 1.82) is 0 Å². The van der Waals surface area contributed by atoms with E-state index in [9.17, 15) is 37.4 Å². The van der Waals surface area contributed by atoms with Crippen molar-refractivity contribution < 1.29 is 30.9 Å². The second kappa shape index (κ2) is 7.54. The highest BCUT2D eigenvalue weighted by molar-refractivity contribution is 7.86. The molecule has 0 fully saturated rings. The summed E-state index contributed by atoms with van der Waals surface area (Å²) >= 11 is 0. The number of rotatable bonds is 7. The maximum Gasteiger partial charge on any atom is 0.295 e. The Morgan fingerprint density at radius 1 is 0.857 bits per heavy atom. The van der Waals surface area contributed by atoms with E-state index in [1.807, 2.05) is 0 Å². The van der Waals surface area contributed by atoms with Crippen LogP contribution in [0.15, 0.2) is 46.2 Å². The van der Waals surface area contributed by atoms with E-state index in [4.69, 9.17) is 9.11 Å². The Balaban J connectivity index is 2.40. The number of benzene rings is 2. The Labute approximate surface area is 157 Å². The van der Waals surface area contributed by atoms with Gasteiger partial charge in [-0.05, 0) is 30.3 Å². The maximum absolute atomic E-state index is 11.1. The van der Waals surface area contributed by atoms with E-state index < -0.39 is 51.6 Å². The second-order valence-corrected chi connectivity index (χ2v) is 7.92. The van der Waals surface area contributed by atoms with E-state index in [2.05, 4.69) is 10.9 Å². The maximum atomic E-state index is 11.1. The van der Waals surface area contributed by atoms with Gasteiger partial charge in [0.15, 0.2) is 0 Å². The van der Waals surface area contributed by atoms with Crippen LogP contribution in [0.2, 0.25) is 0 Å². The molecule has 0 atom stereocenters. The molecule has 0 amide bonds. The third-order valence-corrected chi connectivity index (χ3v) is 4.96. The van der Waals surface area contributed by atoms with Crippen LogP contribution >= 0.6 is 0 Å². The fourth-order valence-corrected chi connectivity index (χ4v) is 2.99. The Bertz CT molecular complexity index is 1130. The SMILES string of the molecule is O=[N+]([O-])c1cc(S(=O)(=O)O)ccc1NNc1ccc(S(=O)(=O)O)cc1N([O-])[O-]. The summed E-state index contributed by atoms with van der Waals surface area (Å²) in [6.07, 6.45) is 0. The molecular formula is C12H10N4O10S2-2. The van der Waals surface area contributed by atoms with Gasteiger partial charge in [0.2, 0.25) is 0 Å². The van der Waals surface area contributed by atoms with Crippen LogP contribution in [0.4, 0.5) is 22.7 Å². The summed E-state index contributed by atoms with van der Waals surface area (Å²) in [5.41, 5.74) is 2.33. The lowest BCUT2D eigenvalue weighted by Gasteiger charge is -2.39. The molecular weight excluding hydrogens is 424 g/mol. The summed E-state index contributed by atoms with van der Waals surface area (Å²) in [7, 11) is -9.40. The molecule has 0 heterocycles. The lowest BCUT2D eigenvalue weighted by Crippen LogP contribution is -2.15. The molecule has 0 aliphatic rings. The van der Waals surface area contributed by atoms with E-state index >= 15 is 0 Å². The highest BCUT2D eigenvalue weighted by atomic mass is 32.2. The van der Waals surface area contributed by atoms with E-state index in [-0.39, 0.29) is 11.4 Å². The van der Waals surface area contributed by atoms with Gasteiger partial charge in [0.05, 0.1) is 15.5 Å². The zero-order chi connectivity index (χ0) is 21.3. The standard InChI is InChI=1S/C12H10N4O10S2/c17-15(18)11-5-7(27(21,22)23)1-3-9(11)13-14-10-4-2-8(28(24,25)26)6-12(10)16(19)20/h1-6,13-14H,(H,21,22,23)(H,24,25,26)/q-2. The fourth-order valence-electron chi connectivity index (χ4n) is 1.99. The highest BCUT2D eigenvalue weighted by Gasteiger charge is 2.20. The van der Waals surface area contributed by atoms with Crippen LogP contribution in [0.25, 0.3) is 0 Å². The van der Waals surface area contributed by atoms with E-state index in [0.717, 1.165) is 24.3 Å². The second-order valence-electron chi connectivity index (χ2n) is 5.07. The molecule has 0 bridgehead atoms. The zero-order valence-corrected chi connectivity index (χ0v) is 15.0. The number of hydrazine groups is 1. The lowest BCUT2D eigenvalue weighted by molar-refractivity contribution is -0.384. The summed E-state index contributed by atoms with van der Waals surface area (Å²) in [4.78, 5) is 8.65. The van der Waals surface area contributed by atoms with Gasteiger partial charge in [0.25, 0.3) is 25.9 Å². The number of hydrogen-bond donors (Lipinski definition) is 4. The Kier molecular flexibility index (Phi) is 5.73. The van der Waals surface area contributed by atoms with Crippen molar-refractivity contribution in [3.63, 3.8) is 0 Å². The van der Waals surface area contributed by atoms with Crippen molar-refractivity contribution in [2.24, 2.45) is 0 Å². The normalized spacial score (nSPS) is 11.7. The van der Waals surface area contributed by atoms with Crippen molar-refractivity contribution in [3.8, 4) is 0 Å². The molecule has 2 aromatic rings. The minimum absolute atomic E-state index is 0.314. The molecule has 0 aliphatic carbocycles. The van der Waals surface area contributed by atoms with Crippen LogP contribution in [0.5, 0.6) is 0 Å². The first kappa shape index (κ1) is 21.3. The van der Waals surface area contributed by atoms with Crippen LogP contribution < -0.4 is 16.1 Å². The zero-order valence-electron chi connectivity index (χ0n) is 13.3. The van der Waals surface area contributed by atoms with Crippen LogP contribution in [0, 0.1) is 20.5 Å². The molecule has 0 aliphatic heterocycles. The fraction of sp³-hybridized carbons (Fsp3) is 0. The minimum atomic E-state index is -4.70. The van der Waals surface area contributed by atoms with Gasteiger partial charge in [-0.25, -0.2) is 0 Å². The molecule has 2 rings (SSSR count). The molecule has 4 N–H and O–H groups in total. The average molecular weight is 434 g/mol. The van der Waals surface area contributed by atoms with E-state index in [0.29, 0.717) is 12.1 Å². The van der Waals surface area contributed by atoms with Gasteiger partial charge >= 0.3 is 0 Å². The highest BCUT2D eigenvalue weighted by Crippen LogP contribution is 2.31. The molecule has 0 spiro atoms. The Hall–Kier alpha value is -3.02. The average Bonchev–Trinajstić information content (AvgIpc) is 2.57. The van der Waals surface area contributed by atoms with Crippen LogP contribution in [-0.4, -0.2) is 30.9 Å². The molecule has 0 unspecified atom stereocenters. The molecule has 14 nitrogen and oxygen atoms in total. The van der Waals surface area contributed by atoms with Crippen LogP contribution in [0.3, 0.4) is 0 Å². The van der Waals surface area contributed by atoms with Gasteiger partial charge in [-0.3, -0.25) is 30.1 Å². The van der Waals surface area contributed by atoms with Gasteiger partial charge in [-0.15, -0.1) is 0 Å². The first-order valence-corrected chi connectivity index (χ1v) is 9.72. The summed E-state index contributed by atoms with van der Waals surface area (Å²) in [5, 5.41) is 32.3. The van der Waals surface area contributed by atoms with Gasteiger partial charge < -0.3 is 15.6 Å². The van der Waals surface area contributed by atoms with Crippen molar-refractivity contribution in [3.05, 3.63) is 56.9 Å². The first-order valence-electron chi connectivity index (χ1n) is 6.84. The monoisotopic (exact) mass is 434 g/mol. The first-order chi connectivity index (χ1) is 12.8. The number of nitro benzene ring substituents is 1. The number of nitrogens with one attached hydrogen (secondary N) is 2. The number of hydrogen-bond acceptors (Lipinski definition) is 11. The summed E-state index contributed by atoms with van der Waals surface area (Å²) in [6, 6.07) is 4.67. The number of nitrogens with zero attached hydrogens (tertiary/aromatic N) is 2. The predicted octanol–water partition coefficient (Wildman–Crippen LogP) is 1.33. The van der Waals surface area contributed by atoms with Crippen molar-refractivity contribution in [2.75, 3.05) is 16.1 Å². The van der Waals surface area contributed by atoms with Gasteiger partial charge in [0, 0.05) is 11.8 Å². The summed E-state index contributed by atoms with van der Waals surface area (Å²) in [5.74, 6) is 0. The van der Waals surface area contributed by atoms with Crippen molar-refractivity contribution in [2.45, 2.75) is 9.79 Å². The van der Waals surface area contributed by atoms with E-state index in [1.54, 1.807) is 0 Å². The van der Waals surface area contributed by atoms with E-state index in [1.165, 1.54) is 0 Å². The van der Waals surface area contributed by atoms with Gasteiger partial charge in [-0.2, -0.15) is 16.8 Å². The van der Waals surface area contributed by atoms with Crippen molar-refractivity contribution in [1.82, 2.24) is 0 Å². The van der Waals surface area contributed by atoms with Crippen LogP contribution in [-0.2, 0) is 20.2 Å². The predicted molar refractivity (Wildman–Crippen MR) is 95.6 cm³/mol. The quantitative estimate of drug-likeness (QED) is 0.274. The lowest BCUT2D eigenvalue weighted by atomic mass is 10.2. The molecule has 0 saturated carbocycles. The number of anilines is 3. The third-order valence-electron chi connectivity index (χ3n) is 3.26. The van der Waals surface area contributed by atoms with Gasteiger partial charge in [-0.1, -0.05) is 0 Å². The minimum Gasteiger partial charge on any atom is -0.769 e. The summed E-state index contributed by atoms with van der Waals surface area (Å²) in [6.45, 7) is 0. The molecule has 16 heteroatoms.